The van der Waals surface area contributed by atoms with Gasteiger partial charge in [0.25, 0.3) is 0 Å². The average Bonchev–Trinajstić information content (AvgIpc) is 2.32. The van der Waals surface area contributed by atoms with E-state index in [0.29, 0.717) is 27.4 Å². The van der Waals surface area contributed by atoms with E-state index in [1.807, 2.05) is 0 Å². The second-order valence-corrected chi connectivity index (χ2v) is 4.13. The van der Waals surface area contributed by atoms with Gasteiger partial charge in [0.05, 0.1) is 0 Å². The molecule has 86 valence electrons. The van der Waals surface area contributed by atoms with Crippen molar-refractivity contribution in [2.45, 2.75) is 0 Å². The maximum atomic E-state index is 13.6. The minimum absolute atomic E-state index is 0.322. The van der Waals surface area contributed by atoms with Crippen LogP contribution >= 0.6 is 11.6 Å². The van der Waals surface area contributed by atoms with Gasteiger partial charge >= 0.3 is 0 Å². The Kier molecular flexibility index (Phi) is 3.16. The summed E-state index contributed by atoms with van der Waals surface area (Å²) in [5, 5.41) is 0.548. The molecular formula is C14H11ClFN. The van der Waals surface area contributed by atoms with Crippen LogP contribution in [-0.4, -0.2) is 0 Å². The van der Waals surface area contributed by atoms with Crippen LogP contribution in [0.1, 0.15) is 11.1 Å². The number of rotatable bonds is 2. The number of hydrogen-bond acceptors (Lipinski definition) is 1. The van der Waals surface area contributed by atoms with Crippen LogP contribution in [0, 0.1) is 5.82 Å². The van der Waals surface area contributed by atoms with E-state index in [4.69, 9.17) is 17.3 Å². The third kappa shape index (κ3) is 2.32. The molecular weight excluding hydrogens is 237 g/mol. The topological polar surface area (TPSA) is 26.0 Å². The normalized spacial score (nSPS) is 10.2. The molecule has 2 rings (SSSR count). The Morgan fingerprint density at radius 1 is 1.12 bits per heavy atom. The lowest BCUT2D eigenvalue weighted by molar-refractivity contribution is 0.624. The molecule has 0 atom stereocenters. The summed E-state index contributed by atoms with van der Waals surface area (Å²) in [6, 6.07) is 11.5. The first-order valence-corrected chi connectivity index (χ1v) is 5.46. The van der Waals surface area contributed by atoms with Crippen molar-refractivity contribution in [1.82, 2.24) is 0 Å². The van der Waals surface area contributed by atoms with Crippen molar-refractivity contribution in [2.75, 3.05) is 5.73 Å². The molecule has 0 saturated heterocycles. The van der Waals surface area contributed by atoms with Crippen molar-refractivity contribution < 1.29 is 4.39 Å². The zero-order valence-corrected chi connectivity index (χ0v) is 9.84. The zero-order valence-electron chi connectivity index (χ0n) is 9.08. The first-order valence-electron chi connectivity index (χ1n) is 5.09. The van der Waals surface area contributed by atoms with Gasteiger partial charge in [-0.1, -0.05) is 36.4 Å². The molecule has 0 bridgehead atoms. The second-order valence-electron chi connectivity index (χ2n) is 3.69. The summed E-state index contributed by atoms with van der Waals surface area (Å²) in [4.78, 5) is 0. The van der Waals surface area contributed by atoms with Crippen molar-refractivity contribution >= 4 is 22.9 Å². The molecule has 0 heterocycles. The van der Waals surface area contributed by atoms with Gasteiger partial charge in [-0.25, -0.2) is 4.39 Å². The number of halogens is 2. The molecule has 0 aliphatic heterocycles. The maximum Gasteiger partial charge on any atom is 0.131 e. The molecule has 2 aromatic rings. The molecule has 0 unspecified atom stereocenters. The highest BCUT2D eigenvalue weighted by molar-refractivity contribution is 6.30. The summed E-state index contributed by atoms with van der Waals surface area (Å²) in [5.41, 5.74) is 7.98. The van der Waals surface area contributed by atoms with Crippen molar-refractivity contribution in [1.29, 1.82) is 0 Å². The molecule has 0 aliphatic carbocycles. The van der Waals surface area contributed by atoms with Crippen molar-refractivity contribution in [3.63, 3.8) is 0 Å². The summed E-state index contributed by atoms with van der Waals surface area (Å²) < 4.78 is 13.6. The number of nitrogen functional groups attached to an aromatic ring is 1. The molecule has 0 saturated carbocycles. The Balaban J connectivity index is 2.51. The standard InChI is InChI=1S/C14H11ClFN/c1-9(11-4-2-3-5-13(11)16)12-8-10(15)6-7-14(12)17/h2-8H,1,17H2. The average molecular weight is 248 g/mol. The van der Waals surface area contributed by atoms with Crippen molar-refractivity contribution in [3.8, 4) is 0 Å². The Morgan fingerprint density at radius 2 is 1.82 bits per heavy atom. The van der Waals surface area contributed by atoms with E-state index in [1.54, 1.807) is 36.4 Å². The lowest BCUT2D eigenvalue weighted by atomic mass is 9.98. The van der Waals surface area contributed by atoms with E-state index < -0.39 is 0 Å². The van der Waals surface area contributed by atoms with E-state index in [0.717, 1.165) is 0 Å². The van der Waals surface area contributed by atoms with E-state index in [9.17, 15) is 4.39 Å². The fourth-order valence-electron chi connectivity index (χ4n) is 1.64. The van der Waals surface area contributed by atoms with Crippen LogP contribution in [0.3, 0.4) is 0 Å². The molecule has 3 heteroatoms. The van der Waals surface area contributed by atoms with Crippen LogP contribution < -0.4 is 5.73 Å². The highest BCUT2D eigenvalue weighted by Crippen LogP contribution is 2.30. The highest BCUT2D eigenvalue weighted by Gasteiger charge is 2.10. The van der Waals surface area contributed by atoms with Gasteiger partial charge in [-0.15, -0.1) is 0 Å². The Morgan fingerprint density at radius 3 is 2.53 bits per heavy atom. The van der Waals surface area contributed by atoms with Crippen molar-refractivity contribution in [3.05, 3.63) is 71.0 Å². The first-order chi connectivity index (χ1) is 8.09. The third-order valence-electron chi connectivity index (χ3n) is 2.54. The Labute approximate surface area is 104 Å². The predicted molar refractivity (Wildman–Crippen MR) is 70.4 cm³/mol. The van der Waals surface area contributed by atoms with Crippen molar-refractivity contribution in [2.24, 2.45) is 0 Å². The lowest BCUT2D eigenvalue weighted by Crippen LogP contribution is -1.96. The smallest absolute Gasteiger partial charge is 0.131 e. The first kappa shape index (κ1) is 11.7. The van der Waals surface area contributed by atoms with Gasteiger partial charge in [0.2, 0.25) is 0 Å². The molecule has 0 fully saturated rings. The van der Waals surface area contributed by atoms with Gasteiger partial charge in [0, 0.05) is 21.8 Å². The Bertz CT molecular complexity index is 578. The van der Waals surface area contributed by atoms with Crippen LogP contribution in [0.2, 0.25) is 5.02 Å². The number of benzene rings is 2. The van der Waals surface area contributed by atoms with E-state index in [1.165, 1.54) is 6.07 Å². The van der Waals surface area contributed by atoms with Crippen LogP contribution in [-0.2, 0) is 0 Å². The van der Waals surface area contributed by atoms with Crippen LogP contribution in [0.15, 0.2) is 49.0 Å². The SMILES string of the molecule is C=C(c1cc(Cl)ccc1N)c1ccccc1F. The summed E-state index contributed by atoms with van der Waals surface area (Å²) in [6.07, 6.45) is 0. The lowest BCUT2D eigenvalue weighted by Gasteiger charge is -2.10. The highest BCUT2D eigenvalue weighted by atomic mass is 35.5. The van der Waals surface area contributed by atoms with Gasteiger partial charge in [0.1, 0.15) is 5.82 Å². The van der Waals surface area contributed by atoms with E-state index >= 15 is 0 Å². The Hall–Kier alpha value is -1.80. The van der Waals surface area contributed by atoms with Gasteiger partial charge in [0.15, 0.2) is 0 Å². The monoisotopic (exact) mass is 247 g/mol. The van der Waals surface area contributed by atoms with Crippen LogP contribution in [0.4, 0.5) is 10.1 Å². The largest absolute Gasteiger partial charge is 0.398 e. The molecule has 0 aliphatic rings. The molecule has 0 spiro atoms. The quantitative estimate of drug-likeness (QED) is 0.794. The number of nitrogens with two attached hydrogens (primary N) is 1. The summed E-state index contributed by atoms with van der Waals surface area (Å²) in [7, 11) is 0. The number of hydrogen-bond donors (Lipinski definition) is 1. The predicted octanol–water partition coefficient (Wildman–Crippen LogP) is 4.12. The molecule has 1 nitrogen and oxygen atoms in total. The molecule has 0 amide bonds. The molecule has 17 heavy (non-hydrogen) atoms. The minimum atomic E-state index is -0.322. The summed E-state index contributed by atoms with van der Waals surface area (Å²) in [6.45, 7) is 3.88. The van der Waals surface area contributed by atoms with Gasteiger partial charge in [-0.3, -0.25) is 0 Å². The third-order valence-corrected chi connectivity index (χ3v) is 2.77. The van der Waals surface area contributed by atoms with Crippen LogP contribution in [0.5, 0.6) is 0 Å². The van der Waals surface area contributed by atoms with Crippen LogP contribution in [0.25, 0.3) is 5.57 Å². The molecule has 2 aromatic carbocycles. The zero-order chi connectivity index (χ0) is 12.4. The summed E-state index contributed by atoms with van der Waals surface area (Å²) in [5.74, 6) is -0.322. The maximum absolute atomic E-state index is 13.6. The van der Waals surface area contributed by atoms with Gasteiger partial charge in [-0.2, -0.15) is 0 Å². The number of anilines is 1. The second kappa shape index (κ2) is 4.60. The molecule has 0 aromatic heterocycles. The van der Waals surface area contributed by atoms with E-state index in [2.05, 4.69) is 6.58 Å². The van der Waals surface area contributed by atoms with Gasteiger partial charge in [-0.05, 0) is 29.8 Å². The minimum Gasteiger partial charge on any atom is -0.398 e. The molecule has 0 radical (unpaired) electrons. The van der Waals surface area contributed by atoms with Gasteiger partial charge < -0.3 is 5.73 Å². The summed E-state index contributed by atoms with van der Waals surface area (Å²) >= 11 is 5.90. The fraction of sp³-hybridized carbons (Fsp3) is 0. The fourth-order valence-corrected chi connectivity index (χ4v) is 1.81. The molecule has 2 N–H and O–H groups in total. The van der Waals surface area contributed by atoms with E-state index in [-0.39, 0.29) is 5.82 Å².